The van der Waals surface area contributed by atoms with Gasteiger partial charge < -0.3 is 10.1 Å². The minimum atomic E-state index is -1.07. The molecule has 0 aliphatic rings. The molecule has 174 valence electrons. The van der Waals surface area contributed by atoms with Crippen molar-refractivity contribution in [2.75, 3.05) is 5.32 Å². The van der Waals surface area contributed by atoms with Crippen LogP contribution in [0.3, 0.4) is 0 Å². The average Bonchev–Trinajstić information content (AvgIpc) is 3.48. The molecule has 1 unspecified atom stereocenters. The first kappa shape index (κ1) is 23.3. The van der Waals surface area contributed by atoms with Crippen molar-refractivity contribution < 1.29 is 19.1 Å². The van der Waals surface area contributed by atoms with Gasteiger partial charge in [-0.05, 0) is 57.3 Å². The van der Waals surface area contributed by atoms with E-state index in [-0.39, 0.29) is 11.8 Å². The number of nitrogens with zero attached hydrogens (tertiary/aromatic N) is 3. The Balaban J connectivity index is 1.60. The van der Waals surface area contributed by atoms with Crippen molar-refractivity contribution in [3.8, 4) is 10.6 Å². The standard InChI is InChI=1S/C25H24N4O4S/c1-14(2)29-23-20(13-26-29)19(12-21(28-23)22-9-6-10-34-22)25(32)33-16(4)24(31)27-18-8-5-7-17(11-18)15(3)30/h5-14,16H,1-4H3,(H,27,31). The molecule has 0 spiro atoms. The normalized spacial score (nSPS) is 12.0. The molecule has 3 heterocycles. The number of esters is 1. The maximum absolute atomic E-state index is 13.2. The topological polar surface area (TPSA) is 103 Å². The number of ether oxygens (including phenoxy) is 1. The van der Waals surface area contributed by atoms with Crippen LogP contribution >= 0.6 is 11.3 Å². The number of hydrogen-bond donors (Lipinski definition) is 1. The fourth-order valence-corrected chi connectivity index (χ4v) is 4.14. The minimum absolute atomic E-state index is 0.0444. The Labute approximate surface area is 200 Å². The van der Waals surface area contributed by atoms with Crippen molar-refractivity contribution >= 4 is 45.7 Å². The molecule has 9 heteroatoms. The molecule has 1 amide bonds. The van der Waals surface area contributed by atoms with E-state index in [1.165, 1.54) is 25.2 Å². The maximum atomic E-state index is 13.2. The Hall–Kier alpha value is -3.85. The van der Waals surface area contributed by atoms with E-state index in [0.29, 0.717) is 33.5 Å². The smallest absolute Gasteiger partial charge is 0.339 e. The lowest BCUT2D eigenvalue weighted by Gasteiger charge is -2.15. The van der Waals surface area contributed by atoms with Gasteiger partial charge >= 0.3 is 5.97 Å². The summed E-state index contributed by atoms with van der Waals surface area (Å²) in [4.78, 5) is 43.1. The van der Waals surface area contributed by atoms with Gasteiger partial charge in [0.15, 0.2) is 17.5 Å². The Morgan fingerprint density at radius 3 is 2.56 bits per heavy atom. The first-order valence-corrected chi connectivity index (χ1v) is 11.7. The molecule has 4 rings (SSSR count). The molecule has 8 nitrogen and oxygen atoms in total. The highest BCUT2D eigenvalue weighted by molar-refractivity contribution is 7.13. The van der Waals surface area contributed by atoms with E-state index in [2.05, 4.69) is 10.4 Å². The Bertz CT molecular complexity index is 1380. The summed E-state index contributed by atoms with van der Waals surface area (Å²) in [5.41, 5.74) is 2.43. The van der Waals surface area contributed by atoms with Crippen LogP contribution in [-0.4, -0.2) is 38.5 Å². The number of fused-ring (bicyclic) bond motifs is 1. The molecule has 0 bridgehead atoms. The number of carbonyl (C=O) groups is 3. The van der Waals surface area contributed by atoms with Crippen LogP contribution in [0.25, 0.3) is 21.6 Å². The van der Waals surface area contributed by atoms with E-state index in [0.717, 1.165) is 4.88 Å². The van der Waals surface area contributed by atoms with Crippen LogP contribution in [-0.2, 0) is 9.53 Å². The van der Waals surface area contributed by atoms with Gasteiger partial charge in [-0.25, -0.2) is 14.5 Å². The van der Waals surface area contributed by atoms with Crippen LogP contribution in [0.2, 0.25) is 0 Å². The van der Waals surface area contributed by atoms with E-state index in [4.69, 9.17) is 9.72 Å². The lowest BCUT2D eigenvalue weighted by atomic mass is 10.1. The van der Waals surface area contributed by atoms with Crippen molar-refractivity contribution in [2.24, 2.45) is 0 Å². The van der Waals surface area contributed by atoms with E-state index in [1.807, 2.05) is 31.4 Å². The quantitative estimate of drug-likeness (QED) is 0.293. The molecule has 1 atom stereocenters. The van der Waals surface area contributed by atoms with Gasteiger partial charge in [-0.1, -0.05) is 18.2 Å². The number of carbonyl (C=O) groups excluding carboxylic acids is 3. The summed E-state index contributed by atoms with van der Waals surface area (Å²) in [6.07, 6.45) is 0.525. The second-order valence-corrected chi connectivity index (χ2v) is 9.07. The van der Waals surface area contributed by atoms with Crippen LogP contribution < -0.4 is 5.32 Å². The number of benzene rings is 1. The molecule has 1 aromatic carbocycles. The van der Waals surface area contributed by atoms with Gasteiger partial charge in [0.05, 0.1) is 27.7 Å². The Morgan fingerprint density at radius 2 is 1.88 bits per heavy atom. The molecule has 4 aromatic rings. The Kier molecular flexibility index (Phi) is 6.56. The molecule has 0 saturated heterocycles. The monoisotopic (exact) mass is 476 g/mol. The van der Waals surface area contributed by atoms with Crippen molar-refractivity contribution in [3.05, 3.63) is 65.2 Å². The number of thiophene rings is 1. The molecule has 0 aliphatic heterocycles. The number of anilines is 1. The van der Waals surface area contributed by atoms with Gasteiger partial charge in [-0.2, -0.15) is 5.10 Å². The fraction of sp³-hybridized carbons (Fsp3) is 0.240. The molecule has 3 aromatic heterocycles. The van der Waals surface area contributed by atoms with E-state index in [9.17, 15) is 14.4 Å². The Morgan fingerprint density at radius 1 is 1.09 bits per heavy atom. The van der Waals surface area contributed by atoms with Gasteiger partial charge in [-0.3, -0.25) is 9.59 Å². The number of Topliss-reactive ketones (excluding diaryl/α,β-unsaturated/α-hetero) is 1. The predicted molar refractivity (Wildman–Crippen MR) is 131 cm³/mol. The van der Waals surface area contributed by atoms with Gasteiger partial charge in [-0.15, -0.1) is 11.3 Å². The van der Waals surface area contributed by atoms with Crippen molar-refractivity contribution in [3.63, 3.8) is 0 Å². The van der Waals surface area contributed by atoms with Crippen LogP contribution in [0.5, 0.6) is 0 Å². The van der Waals surface area contributed by atoms with Gasteiger partial charge in [0, 0.05) is 17.3 Å². The van der Waals surface area contributed by atoms with E-state index in [1.54, 1.807) is 41.2 Å². The molecule has 0 saturated carbocycles. The zero-order valence-corrected chi connectivity index (χ0v) is 20.1. The summed E-state index contributed by atoms with van der Waals surface area (Å²) in [5, 5.41) is 9.58. The highest BCUT2D eigenvalue weighted by atomic mass is 32.1. The summed E-state index contributed by atoms with van der Waals surface area (Å²) in [6.45, 7) is 6.92. The maximum Gasteiger partial charge on any atom is 0.339 e. The zero-order chi connectivity index (χ0) is 24.4. The van der Waals surface area contributed by atoms with Crippen LogP contribution in [0.15, 0.2) is 54.0 Å². The van der Waals surface area contributed by atoms with Crippen molar-refractivity contribution in [1.29, 1.82) is 0 Å². The lowest BCUT2D eigenvalue weighted by molar-refractivity contribution is -0.123. The molecule has 0 fully saturated rings. The third-order valence-electron chi connectivity index (χ3n) is 5.24. The number of pyridine rings is 1. The van der Waals surface area contributed by atoms with Crippen LogP contribution in [0, 0.1) is 0 Å². The highest BCUT2D eigenvalue weighted by Crippen LogP contribution is 2.29. The van der Waals surface area contributed by atoms with Gasteiger partial charge in [0.2, 0.25) is 0 Å². The highest BCUT2D eigenvalue weighted by Gasteiger charge is 2.24. The molecule has 34 heavy (non-hydrogen) atoms. The minimum Gasteiger partial charge on any atom is -0.449 e. The van der Waals surface area contributed by atoms with Gasteiger partial charge in [0.25, 0.3) is 5.91 Å². The molecule has 0 radical (unpaired) electrons. The number of nitrogens with one attached hydrogen (secondary N) is 1. The molecular formula is C25H24N4O4S. The SMILES string of the molecule is CC(=O)c1cccc(NC(=O)C(C)OC(=O)c2cc(-c3cccs3)nc3c2cnn3C(C)C)c1. The summed E-state index contributed by atoms with van der Waals surface area (Å²) in [6, 6.07) is 12.1. The summed E-state index contributed by atoms with van der Waals surface area (Å²) in [7, 11) is 0. The third kappa shape index (κ3) is 4.74. The summed E-state index contributed by atoms with van der Waals surface area (Å²) >= 11 is 1.51. The summed E-state index contributed by atoms with van der Waals surface area (Å²) in [5.74, 6) is -1.26. The van der Waals surface area contributed by atoms with Crippen LogP contribution in [0.1, 0.15) is 54.5 Å². The second kappa shape index (κ2) is 9.56. The summed E-state index contributed by atoms with van der Waals surface area (Å²) < 4.78 is 7.27. The van der Waals surface area contributed by atoms with Crippen molar-refractivity contribution in [1.82, 2.24) is 14.8 Å². The number of amides is 1. The second-order valence-electron chi connectivity index (χ2n) is 8.13. The average molecular weight is 477 g/mol. The zero-order valence-electron chi connectivity index (χ0n) is 19.2. The van der Waals surface area contributed by atoms with Crippen LogP contribution in [0.4, 0.5) is 5.69 Å². The van der Waals surface area contributed by atoms with Gasteiger partial charge in [0.1, 0.15) is 0 Å². The fourth-order valence-electron chi connectivity index (χ4n) is 3.45. The van der Waals surface area contributed by atoms with Crippen molar-refractivity contribution in [2.45, 2.75) is 39.8 Å². The predicted octanol–water partition coefficient (Wildman–Crippen LogP) is 5.13. The molecular weight excluding hydrogens is 452 g/mol. The first-order chi connectivity index (χ1) is 16.2. The first-order valence-electron chi connectivity index (χ1n) is 10.8. The largest absolute Gasteiger partial charge is 0.449 e. The molecule has 1 N–H and O–H groups in total. The molecule has 0 aliphatic carbocycles. The third-order valence-corrected chi connectivity index (χ3v) is 6.13. The number of aromatic nitrogens is 3. The number of hydrogen-bond acceptors (Lipinski definition) is 7. The van der Waals surface area contributed by atoms with E-state index >= 15 is 0 Å². The number of ketones is 1. The lowest BCUT2D eigenvalue weighted by Crippen LogP contribution is -2.30. The van der Waals surface area contributed by atoms with E-state index < -0.39 is 18.0 Å². The number of rotatable bonds is 7.